The van der Waals surface area contributed by atoms with Crippen molar-refractivity contribution in [3.8, 4) is 0 Å². The third-order valence-electron chi connectivity index (χ3n) is 2.74. The van der Waals surface area contributed by atoms with Crippen LogP contribution >= 0.6 is 0 Å². The Morgan fingerprint density at radius 2 is 1.95 bits per heavy atom. The monoisotopic (exact) mass is 265 g/mol. The van der Waals surface area contributed by atoms with Gasteiger partial charge in [-0.25, -0.2) is 9.97 Å². The van der Waals surface area contributed by atoms with Gasteiger partial charge in [-0.3, -0.25) is 4.79 Å². The van der Waals surface area contributed by atoms with E-state index >= 15 is 0 Å². The van der Waals surface area contributed by atoms with Crippen LogP contribution in [0.1, 0.15) is 38.6 Å². The number of nitrogens with two attached hydrogens (primary N) is 1. The maximum absolute atomic E-state index is 10.9. The Morgan fingerprint density at radius 1 is 1.32 bits per heavy atom. The van der Waals surface area contributed by atoms with Crippen molar-refractivity contribution in [1.82, 2.24) is 9.97 Å². The lowest BCUT2D eigenvalue weighted by atomic mass is 10.2. The number of aryl methyl sites for hydroxylation is 1. The number of anilines is 2. The molecule has 0 bridgehead atoms. The van der Waals surface area contributed by atoms with Crippen molar-refractivity contribution >= 4 is 17.5 Å². The molecule has 1 unspecified atom stereocenters. The van der Waals surface area contributed by atoms with Gasteiger partial charge in [0.1, 0.15) is 17.5 Å². The number of rotatable bonds is 7. The summed E-state index contributed by atoms with van der Waals surface area (Å²) in [4.78, 5) is 19.8. The molecule has 4 N–H and O–H groups in total. The van der Waals surface area contributed by atoms with Gasteiger partial charge in [-0.2, -0.15) is 0 Å². The van der Waals surface area contributed by atoms with E-state index in [1.54, 1.807) is 0 Å². The Kier molecular flexibility index (Phi) is 5.54. The van der Waals surface area contributed by atoms with Crippen molar-refractivity contribution in [2.24, 2.45) is 5.73 Å². The van der Waals surface area contributed by atoms with E-state index in [0.29, 0.717) is 0 Å². The van der Waals surface area contributed by atoms with E-state index in [4.69, 9.17) is 5.73 Å². The third-order valence-corrected chi connectivity index (χ3v) is 2.74. The molecule has 0 radical (unpaired) electrons. The molecule has 0 aromatic carbocycles. The van der Waals surface area contributed by atoms with Crippen LogP contribution < -0.4 is 16.4 Å². The molecule has 0 saturated heterocycles. The molecule has 106 valence electrons. The number of primary amides is 1. The number of carbonyl (C=O) groups is 1. The van der Waals surface area contributed by atoms with Crippen LogP contribution in [0.5, 0.6) is 0 Å². The van der Waals surface area contributed by atoms with Gasteiger partial charge in [0.25, 0.3) is 0 Å². The topological polar surface area (TPSA) is 92.9 Å². The standard InChI is InChI=1S/C13H23N5O/c1-5-11-17-12(15-6-2)9(4)13(18-11)16-8(3)7-10(14)19/h8H,5-7H2,1-4H3,(H2,14,19)(H2,15,16,17,18). The normalized spacial score (nSPS) is 12.0. The van der Waals surface area contributed by atoms with Gasteiger partial charge >= 0.3 is 0 Å². The van der Waals surface area contributed by atoms with E-state index < -0.39 is 0 Å². The lowest BCUT2D eigenvalue weighted by molar-refractivity contribution is -0.118. The van der Waals surface area contributed by atoms with Crippen LogP contribution in [0.3, 0.4) is 0 Å². The number of nitrogens with zero attached hydrogens (tertiary/aromatic N) is 2. The first-order valence-electron chi connectivity index (χ1n) is 6.64. The van der Waals surface area contributed by atoms with E-state index in [-0.39, 0.29) is 18.4 Å². The van der Waals surface area contributed by atoms with Crippen LogP contribution in [0.4, 0.5) is 11.6 Å². The van der Waals surface area contributed by atoms with Gasteiger partial charge in [-0.1, -0.05) is 6.92 Å². The van der Waals surface area contributed by atoms with Crippen LogP contribution in [-0.2, 0) is 11.2 Å². The van der Waals surface area contributed by atoms with E-state index in [0.717, 1.165) is 36.0 Å². The second kappa shape index (κ2) is 6.92. The summed E-state index contributed by atoms with van der Waals surface area (Å²) < 4.78 is 0. The summed E-state index contributed by atoms with van der Waals surface area (Å²) in [6.45, 7) is 8.70. The zero-order valence-corrected chi connectivity index (χ0v) is 12.1. The predicted molar refractivity (Wildman–Crippen MR) is 77.2 cm³/mol. The first kappa shape index (κ1) is 15.2. The van der Waals surface area contributed by atoms with Crippen molar-refractivity contribution in [3.63, 3.8) is 0 Å². The summed E-state index contributed by atoms with van der Waals surface area (Å²) in [5.74, 6) is 2.05. The molecule has 0 aliphatic heterocycles. The highest BCUT2D eigenvalue weighted by molar-refractivity contribution is 5.75. The van der Waals surface area contributed by atoms with E-state index in [1.165, 1.54) is 0 Å². The first-order valence-corrected chi connectivity index (χ1v) is 6.64. The molecular weight excluding hydrogens is 242 g/mol. The molecule has 0 aliphatic carbocycles. The second-order valence-electron chi connectivity index (χ2n) is 4.56. The van der Waals surface area contributed by atoms with Crippen molar-refractivity contribution < 1.29 is 4.79 Å². The highest BCUT2D eigenvalue weighted by Crippen LogP contribution is 2.21. The molecule has 19 heavy (non-hydrogen) atoms. The Balaban J connectivity index is 2.98. The molecule has 0 aliphatic rings. The van der Waals surface area contributed by atoms with Crippen LogP contribution in [0.2, 0.25) is 0 Å². The molecule has 1 aromatic rings. The van der Waals surface area contributed by atoms with Gasteiger partial charge in [0.15, 0.2) is 0 Å². The smallest absolute Gasteiger partial charge is 0.219 e. The number of nitrogens with one attached hydrogen (secondary N) is 2. The Morgan fingerprint density at radius 3 is 2.47 bits per heavy atom. The highest BCUT2D eigenvalue weighted by Gasteiger charge is 2.13. The minimum Gasteiger partial charge on any atom is -0.370 e. The average Bonchev–Trinajstić information content (AvgIpc) is 2.33. The molecular formula is C13H23N5O. The van der Waals surface area contributed by atoms with E-state index in [9.17, 15) is 4.79 Å². The Bertz CT molecular complexity index is 447. The third kappa shape index (κ3) is 4.39. The Labute approximate surface area is 114 Å². The summed E-state index contributed by atoms with van der Waals surface area (Å²) in [7, 11) is 0. The number of amides is 1. The fourth-order valence-electron chi connectivity index (χ4n) is 1.79. The molecule has 1 amide bonds. The largest absolute Gasteiger partial charge is 0.370 e. The number of hydrogen-bond acceptors (Lipinski definition) is 5. The molecule has 0 saturated carbocycles. The molecule has 0 fully saturated rings. The van der Waals surface area contributed by atoms with Gasteiger partial charge in [-0.15, -0.1) is 0 Å². The Hall–Kier alpha value is -1.85. The minimum absolute atomic E-state index is 0.0507. The van der Waals surface area contributed by atoms with Crippen molar-refractivity contribution in [2.45, 2.75) is 46.6 Å². The SMILES string of the molecule is CCNc1nc(CC)nc(NC(C)CC(N)=O)c1C. The minimum atomic E-state index is -0.325. The second-order valence-corrected chi connectivity index (χ2v) is 4.56. The molecule has 1 heterocycles. The summed E-state index contributed by atoms with van der Waals surface area (Å²) in [6, 6.07) is -0.0507. The molecule has 6 heteroatoms. The molecule has 1 atom stereocenters. The van der Waals surface area contributed by atoms with Crippen molar-refractivity contribution in [3.05, 3.63) is 11.4 Å². The summed E-state index contributed by atoms with van der Waals surface area (Å²) in [5.41, 5.74) is 6.15. The van der Waals surface area contributed by atoms with Gasteiger partial charge in [0.2, 0.25) is 5.91 Å². The zero-order chi connectivity index (χ0) is 14.4. The van der Waals surface area contributed by atoms with Crippen molar-refractivity contribution in [2.75, 3.05) is 17.2 Å². The van der Waals surface area contributed by atoms with Gasteiger partial charge < -0.3 is 16.4 Å². The number of hydrogen-bond donors (Lipinski definition) is 3. The number of aromatic nitrogens is 2. The maximum atomic E-state index is 10.9. The summed E-state index contributed by atoms with van der Waals surface area (Å²) in [6.07, 6.45) is 1.04. The lowest BCUT2D eigenvalue weighted by Gasteiger charge is -2.17. The van der Waals surface area contributed by atoms with Gasteiger partial charge in [0, 0.05) is 31.0 Å². The van der Waals surface area contributed by atoms with E-state index in [2.05, 4.69) is 20.6 Å². The fourth-order valence-corrected chi connectivity index (χ4v) is 1.79. The lowest BCUT2D eigenvalue weighted by Crippen LogP contribution is -2.25. The number of carbonyl (C=O) groups excluding carboxylic acids is 1. The van der Waals surface area contributed by atoms with Crippen LogP contribution in [0.15, 0.2) is 0 Å². The molecule has 1 rings (SSSR count). The molecule has 1 aromatic heterocycles. The van der Waals surface area contributed by atoms with E-state index in [1.807, 2.05) is 27.7 Å². The van der Waals surface area contributed by atoms with Gasteiger partial charge in [0.05, 0.1) is 0 Å². The highest BCUT2D eigenvalue weighted by atomic mass is 16.1. The van der Waals surface area contributed by atoms with Gasteiger partial charge in [-0.05, 0) is 20.8 Å². The van der Waals surface area contributed by atoms with Crippen LogP contribution in [0.25, 0.3) is 0 Å². The molecule has 0 spiro atoms. The first-order chi connectivity index (χ1) is 8.97. The summed E-state index contributed by atoms with van der Waals surface area (Å²) >= 11 is 0. The average molecular weight is 265 g/mol. The fraction of sp³-hybridized carbons (Fsp3) is 0.615. The maximum Gasteiger partial charge on any atom is 0.219 e. The van der Waals surface area contributed by atoms with Crippen molar-refractivity contribution in [1.29, 1.82) is 0 Å². The predicted octanol–water partition coefficient (Wildman–Crippen LogP) is 1.46. The summed E-state index contributed by atoms with van der Waals surface area (Å²) in [5, 5.41) is 6.45. The van der Waals surface area contributed by atoms with Crippen LogP contribution in [0, 0.1) is 6.92 Å². The van der Waals surface area contributed by atoms with Crippen LogP contribution in [-0.4, -0.2) is 28.5 Å². The quantitative estimate of drug-likeness (QED) is 0.694. The zero-order valence-electron chi connectivity index (χ0n) is 12.1. The molecule has 6 nitrogen and oxygen atoms in total.